The molecule has 3 aromatic carbocycles. The van der Waals surface area contributed by atoms with Crippen LogP contribution in [-0.2, 0) is 13.1 Å². The first-order valence-corrected chi connectivity index (χ1v) is 13.0. The van der Waals surface area contributed by atoms with Gasteiger partial charge >= 0.3 is 0 Å². The summed E-state index contributed by atoms with van der Waals surface area (Å²) in [4.78, 5) is 22.3. The molecular weight excluding hydrogens is 516 g/mol. The number of aromatic amines is 1. The Balaban J connectivity index is 1.40. The molecule has 0 saturated heterocycles. The lowest BCUT2D eigenvalue weighted by atomic mass is 10.1. The smallest absolute Gasteiger partial charge is 0.254 e. The molecule has 0 aliphatic carbocycles. The number of amides is 1. The molecule has 0 unspecified atom stereocenters. The first-order valence-electron chi connectivity index (χ1n) is 12.2. The Labute approximate surface area is 219 Å². The van der Waals surface area contributed by atoms with E-state index in [1.807, 2.05) is 41.3 Å². The zero-order valence-corrected chi connectivity index (χ0v) is 21.6. The van der Waals surface area contributed by atoms with E-state index < -0.39 is 0 Å². The first kappa shape index (κ1) is 24.2. The van der Waals surface area contributed by atoms with Gasteiger partial charge in [-0.05, 0) is 47.9 Å². The molecule has 8 heteroatoms. The van der Waals surface area contributed by atoms with E-state index >= 15 is 0 Å². The normalized spacial score (nSPS) is 15.0. The van der Waals surface area contributed by atoms with Crippen molar-refractivity contribution in [2.75, 3.05) is 31.5 Å². The minimum atomic E-state index is 0.0175. The molecule has 36 heavy (non-hydrogen) atoms. The van der Waals surface area contributed by atoms with E-state index in [0.717, 1.165) is 53.9 Å². The van der Waals surface area contributed by atoms with Crippen LogP contribution in [0.15, 0.2) is 83.6 Å². The number of carbonyl (C=O) groups is 1. The summed E-state index contributed by atoms with van der Waals surface area (Å²) in [6, 6.07) is 24.3. The maximum atomic E-state index is 13.7. The van der Waals surface area contributed by atoms with Gasteiger partial charge in [-0.1, -0.05) is 58.4 Å². The number of rotatable bonds is 4. The number of nitrogens with zero attached hydrogens (tertiary/aromatic N) is 4. The Bertz CT molecular complexity index is 1280. The zero-order chi connectivity index (χ0) is 24.7. The second kappa shape index (κ2) is 11.5. The largest absolute Gasteiger partial charge is 0.385 e. The quantitative estimate of drug-likeness (QED) is 0.369. The Morgan fingerprint density at radius 3 is 2.58 bits per heavy atom. The Kier molecular flexibility index (Phi) is 7.73. The van der Waals surface area contributed by atoms with Gasteiger partial charge in [-0.3, -0.25) is 14.8 Å². The first-order chi connectivity index (χ1) is 17.7. The number of nitrogens with one attached hydrogen (secondary N) is 2. The molecule has 1 aliphatic heterocycles. The molecule has 2 N–H and O–H groups in total. The number of halogens is 1. The molecule has 1 amide bonds. The number of H-pyrrole nitrogens is 1. The number of aromatic nitrogens is 3. The molecule has 4 aromatic rings. The number of hydrogen-bond acceptors (Lipinski definition) is 5. The molecule has 0 fully saturated rings. The van der Waals surface area contributed by atoms with Crippen LogP contribution in [0.25, 0.3) is 11.4 Å². The fourth-order valence-electron chi connectivity index (χ4n) is 4.52. The molecule has 0 spiro atoms. The van der Waals surface area contributed by atoms with Crippen LogP contribution in [0, 0.1) is 0 Å². The lowest BCUT2D eigenvalue weighted by Crippen LogP contribution is -2.38. The highest BCUT2D eigenvalue weighted by Crippen LogP contribution is 2.25. The third-order valence-corrected chi connectivity index (χ3v) is 6.93. The fraction of sp³-hybridized carbons (Fsp3) is 0.250. The zero-order valence-electron chi connectivity index (χ0n) is 20.0. The van der Waals surface area contributed by atoms with Crippen molar-refractivity contribution in [2.45, 2.75) is 19.5 Å². The SMILES string of the molecule is O=C(c1ccc(-c2ncn[nH]2)cc1)N1CCN(Cc2ccccc2)CCCNc2ccc(Br)cc2C1. The second-order valence-electron chi connectivity index (χ2n) is 8.98. The number of benzene rings is 3. The summed E-state index contributed by atoms with van der Waals surface area (Å²) >= 11 is 3.61. The highest BCUT2D eigenvalue weighted by Gasteiger charge is 2.20. The highest BCUT2D eigenvalue weighted by atomic mass is 79.9. The van der Waals surface area contributed by atoms with Crippen LogP contribution in [0.5, 0.6) is 0 Å². The van der Waals surface area contributed by atoms with Gasteiger partial charge < -0.3 is 10.2 Å². The monoisotopic (exact) mass is 544 g/mol. The van der Waals surface area contributed by atoms with Crippen LogP contribution in [0.4, 0.5) is 5.69 Å². The van der Waals surface area contributed by atoms with E-state index in [1.165, 1.54) is 11.9 Å². The standard InChI is InChI=1S/C28H29BrN6O/c29-25-11-12-26-24(17-25)19-35(28(36)23-9-7-22(8-10-23)27-31-20-32-33-27)16-15-34(14-4-13-30-26)18-21-5-2-1-3-6-21/h1-3,5-12,17,20,30H,4,13-16,18-19H2,(H,31,32,33). The summed E-state index contributed by atoms with van der Waals surface area (Å²) in [5.74, 6) is 0.703. The van der Waals surface area contributed by atoms with Crippen LogP contribution in [0.1, 0.15) is 27.9 Å². The summed E-state index contributed by atoms with van der Waals surface area (Å²) in [7, 11) is 0. The van der Waals surface area contributed by atoms with Gasteiger partial charge in [-0.2, -0.15) is 5.10 Å². The summed E-state index contributed by atoms with van der Waals surface area (Å²) in [5.41, 5.74) is 5.02. The van der Waals surface area contributed by atoms with Crippen LogP contribution in [0.2, 0.25) is 0 Å². The minimum absolute atomic E-state index is 0.0175. The van der Waals surface area contributed by atoms with E-state index in [1.54, 1.807) is 0 Å². The third-order valence-electron chi connectivity index (χ3n) is 6.44. The molecule has 2 heterocycles. The van der Waals surface area contributed by atoms with E-state index in [2.05, 4.69) is 77.7 Å². The van der Waals surface area contributed by atoms with Gasteiger partial charge in [-0.25, -0.2) is 4.98 Å². The predicted molar refractivity (Wildman–Crippen MR) is 146 cm³/mol. The number of carbonyl (C=O) groups excluding carboxylic acids is 1. The van der Waals surface area contributed by atoms with Crippen LogP contribution < -0.4 is 5.32 Å². The summed E-state index contributed by atoms with van der Waals surface area (Å²) < 4.78 is 1.01. The fourth-order valence-corrected chi connectivity index (χ4v) is 4.93. The van der Waals surface area contributed by atoms with Crippen molar-refractivity contribution in [2.24, 2.45) is 0 Å². The molecule has 184 valence electrons. The van der Waals surface area contributed by atoms with Gasteiger partial charge in [0.25, 0.3) is 5.91 Å². The summed E-state index contributed by atoms with van der Waals surface area (Å²) in [6.07, 6.45) is 2.51. The summed E-state index contributed by atoms with van der Waals surface area (Å²) in [6.45, 7) is 4.69. The topological polar surface area (TPSA) is 77.2 Å². The second-order valence-corrected chi connectivity index (χ2v) is 9.90. The Morgan fingerprint density at radius 2 is 1.81 bits per heavy atom. The molecule has 0 atom stereocenters. The van der Waals surface area contributed by atoms with Crippen molar-refractivity contribution in [3.63, 3.8) is 0 Å². The maximum absolute atomic E-state index is 13.7. The molecule has 5 rings (SSSR count). The average Bonchev–Trinajstić information content (AvgIpc) is 3.44. The van der Waals surface area contributed by atoms with E-state index in [-0.39, 0.29) is 5.91 Å². The van der Waals surface area contributed by atoms with Crippen LogP contribution in [-0.4, -0.2) is 57.1 Å². The highest BCUT2D eigenvalue weighted by molar-refractivity contribution is 9.10. The van der Waals surface area contributed by atoms with Gasteiger partial charge in [0, 0.05) is 60.6 Å². The third kappa shape index (κ3) is 6.01. The summed E-state index contributed by atoms with van der Waals surface area (Å²) in [5, 5.41) is 10.4. The number of anilines is 1. The van der Waals surface area contributed by atoms with Gasteiger partial charge in [0.05, 0.1) is 0 Å². The molecule has 1 aliphatic rings. The van der Waals surface area contributed by atoms with Crippen molar-refractivity contribution in [1.82, 2.24) is 25.0 Å². The molecule has 7 nitrogen and oxygen atoms in total. The van der Waals surface area contributed by atoms with E-state index in [0.29, 0.717) is 24.5 Å². The van der Waals surface area contributed by atoms with Crippen molar-refractivity contribution in [3.8, 4) is 11.4 Å². The van der Waals surface area contributed by atoms with Crippen LogP contribution >= 0.6 is 15.9 Å². The molecule has 0 saturated carbocycles. The van der Waals surface area contributed by atoms with E-state index in [9.17, 15) is 4.79 Å². The van der Waals surface area contributed by atoms with Crippen molar-refractivity contribution in [3.05, 3.63) is 100 Å². The maximum Gasteiger partial charge on any atom is 0.254 e. The van der Waals surface area contributed by atoms with Gasteiger partial charge in [-0.15, -0.1) is 0 Å². The Morgan fingerprint density at radius 1 is 0.972 bits per heavy atom. The molecular formula is C28H29BrN6O. The van der Waals surface area contributed by atoms with Crippen molar-refractivity contribution >= 4 is 27.5 Å². The van der Waals surface area contributed by atoms with Crippen molar-refractivity contribution in [1.29, 1.82) is 0 Å². The molecule has 0 bridgehead atoms. The van der Waals surface area contributed by atoms with Gasteiger partial charge in [0.15, 0.2) is 5.82 Å². The number of fused-ring (bicyclic) bond motifs is 1. The minimum Gasteiger partial charge on any atom is -0.385 e. The average molecular weight is 545 g/mol. The predicted octanol–water partition coefficient (Wildman–Crippen LogP) is 5.19. The van der Waals surface area contributed by atoms with E-state index in [4.69, 9.17) is 0 Å². The number of hydrogen-bond donors (Lipinski definition) is 2. The lowest BCUT2D eigenvalue weighted by molar-refractivity contribution is 0.0720. The Hall–Kier alpha value is -3.49. The van der Waals surface area contributed by atoms with Gasteiger partial charge in [0.1, 0.15) is 6.33 Å². The van der Waals surface area contributed by atoms with Crippen LogP contribution in [0.3, 0.4) is 0 Å². The van der Waals surface area contributed by atoms with Gasteiger partial charge in [0.2, 0.25) is 0 Å². The lowest BCUT2D eigenvalue weighted by Gasteiger charge is -2.28. The van der Waals surface area contributed by atoms with Crippen molar-refractivity contribution < 1.29 is 4.79 Å². The molecule has 1 aromatic heterocycles. The molecule has 0 radical (unpaired) electrons.